The van der Waals surface area contributed by atoms with Gasteiger partial charge in [0, 0.05) is 17.1 Å². The van der Waals surface area contributed by atoms with Crippen molar-refractivity contribution in [1.82, 2.24) is 9.55 Å². The van der Waals surface area contributed by atoms with E-state index >= 15 is 0 Å². The van der Waals surface area contributed by atoms with Crippen molar-refractivity contribution in [3.8, 4) is 5.69 Å². The standard InChI is InChI=1S/C32H35N3O4S2/c1-5-39-30(38)27-23-16-15-20(32(2,3)4)19-25(23)41-28(27)34-26(36)17-18-40-31-33-24-14-10-9-13-22(24)29(37)35(31)21-11-7-6-8-12-21/h6-14,20H,5,15-19H2,1-4H3,(H,34,36). The summed E-state index contributed by atoms with van der Waals surface area (Å²) >= 11 is 2.86. The number of thioether (sulfide) groups is 1. The van der Waals surface area contributed by atoms with Gasteiger partial charge in [-0.2, -0.15) is 0 Å². The lowest BCUT2D eigenvalue weighted by Crippen LogP contribution is -2.26. The summed E-state index contributed by atoms with van der Waals surface area (Å²) in [5, 5.41) is 4.65. The molecule has 0 fully saturated rings. The van der Waals surface area contributed by atoms with E-state index in [1.807, 2.05) is 48.5 Å². The van der Waals surface area contributed by atoms with E-state index in [9.17, 15) is 14.4 Å². The SMILES string of the molecule is CCOC(=O)c1c(NC(=O)CCSc2nc3ccccc3c(=O)n2-c2ccccc2)sc2c1CCC(C(C)(C)C)C2. The monoisotopic (exact) mass is 589 g/mol. The summed E-state index contributed by atoms with van der Waals surface area (Å²) in [6.45, 7) is 8.83. The van der Waals surface area contributed by atoms with Crippen LogP contribution in [0.15, 0.2) is 64.5 Å². The molecular formula is C32H35N3O4S2. The average molecular weight is 590 g/mol. The van der Waals surface area contributed by atoms with Gasteiger partial charge in [0.05, 0.1) is 28.8 Å². The lowest BCUT2D eigenvalue weighted by atomic mass is 9.72. The van der Waals surface area contributed by atoms with E-state index in [1.54, 1.807) is 17.6 Å². The fourth-order valence-corrected chi connectivity index (χ4v) is 7.55. The Balaban J connectivity index is 1.35. The fourth-order valence-electron chi connectivity index (χ4n) is 5.27. The highest BCUT2D eigenvalue weighted by molar-refractivity contribution is 7.99. The van der Waals surface area contributed by atoms with Crippen LogP contribution in [-0.4, -0.2) is 33.8 Å². The van der Waals surface area contributed by atoms with Crippen LogP contribution >= 0.6 is 23.1 Å². The molecule has 1 N–H and O–H groups in total. The quantitative estimate of drug-likeness (QED) is 0.137. The second kappa shape index (κ2) is 12.2. The van der Waals surface area contributed by atoms with Gasteiger partial charge in [-0.1, -0.05) is 62.9 Å². The molecule has 7 nitrogen and oxygen atoms in total. The average Bonchev–Trinajstić information content (AvgIpc) is 3.30. The number of carbonyl (C=O) groups excluding carboxylic acids is 2. The first-order chi connectivity index (χ1) is 19.7. The molecule has 1 atom stereocenters. The summed E-state index contributed by atoms with van der Waals surface area (Å²) in [5.74, 6) is 0.356. The van der Waals surface area contributed by atoms with Crippen molar-refractivity contribution >= 4 is 50.9 Å². The first-order valence-corrected chi connectivity index (χ1v) is 15.8. The summed E-state index contributed by atoms with van der Waals surface area (Å²) in [6.07, 6.45) is 2.90. The molecule has 0 saturated heterocycles. The minimum atomic E-state index is -0.379. The second-order valence-electron chi connectivity index (χ2n) is 11.3. The highest BCUT2D eigenvalue weighted by Crippen LogP contribution is 2.44. The maximum absolute atomic E-state index is 13.4. The molecule has 1 aliphatic rings. The van der Waals surface area contributed by atoms with Gasteiger partial charge in [-0.05, 0) is 67.3 Å². The molecule has 2 aromatic carbocycles. The summed E-state index contributed by atoms with van der Waals surface area (Å²) in [5.41, 5.74) is 2.89. The Bertz CT molecular complexity index is 1640. The molecule has 214 valence electrons. The Hall–Kier alpha value is -3.43. The van der Waals surface area contributed by atoms with Crippen LogP contribution < -0.4 is 10.9 Å². The zero-order valence-electron chi connectivity index (χ0n) is 23.9. The van der Waals surface area contributed by atoms with Crippen LogP contribution in [0, 0.1) is 11.3 Å². The van der Waals surface area contributed by atoms with E-state index in [1.165, 1.54) is 23.1 Å². The minimum absolute atomic E-state index is 0.148. The van der Waals surface area contributed by atoms with Crippen molar-refractivity contribution in [3.05, 3.63) is 81.0 Å². The van der Waals surface area contributed by atoms with Crippen molar-refractivity contribution in [2.24, 2.45) is 11.3 Å². The number of fused-ring (bicyclic) bond motifs is 2. The molecule has 2 aromatic heterocycles. The molecule has 2 heterocycles. The summed E-state index contributed by atoms with van der Waals surface area (Å²) < 4.78 is 6.98. The topological polar surface area (TPSA) is 90.3 Å². The lowest BCUT2D eigenvalue weighted by Gasteiger charge is -2.33. The van der Waals surface area contributed by atoms with Gasteiger partial charge in [-0.15, -0.1) is 11.3 Å². The molecule has 0 spiro atoms. The summed E-state index contributed by atoms with van der Waals surface area (Å²) in [4.78, 5) is 45.4. The number of aromatic nitrogens is 2. The number of para-hydroxylation sites is 2. The van der Waals surface area contributed by atoms with E-state index in [-0.39, 0.29) is 35.9 Å². The summed E-state index contributed by atoms with van der Waals surface area (Å²) in [7, 11) is 0. The van der Waals surface area contributed by atoms with Crippen molar-refractivity contribution in [2.75, 3.05) is 17.7 Å². The second-order valence-corrected chi connectivity index (χ2v) is 13.4. The number of amides is 1. The number of ether oxygens (including phenoxy) is 1. The van der Waals surface area contributed by atoms with E-state index in [0.717, 1.165) is 35.4 Å². The van der Waals surface area contributed by atoms with Gasteiger partial charge in [0.25, 0.3) is 5.56 Å². The number of hydrogen-bond donors (Lipinski definition) is 1. The van der Waals surface area contributed by atoms with Gasteiger partial charge < -0.3 is 10.1 Å². The Labute approximate surface area is 248 Å². The molecular weight excluding hydrogens is 555 g/mol. The molecule has 0 radical (unpaired) electrons. The Kier molecular flexibility index (Phi) is 8.66. The summed E-state index contributed by atoms with van der Waals surface area (Å²) in [6, 6.07) is 16.7. The molecule has 5 rings (SSSR count). The maximum atomic E-state index is 13.4. The minimum Gasteiger partial charge on any atom is -0.462 e. The third-order valence-corrected chi connectivity index (χ3v) is 9.65. The number of benzene rings is 2. The normalized spacial score (nSPS) is 15.0. The van der Waals surface area contributed by atoms with Crippen LogP contribution in [-0.2, 0) is 22.4 Å². The molecule has 1 unspecified atom stereocenters. The number of rotatable bonds is 8. The first-order valence-electron chi connectivity index (χ1n) is 14.0. The highest BCUT2D eigenvalue weighted by atomic mass is 32.2. The van der Waals surface area contributed by atoms with Crippen LogP contribution in [0.3, 0.4) is 0 Å². The van der Waals surface area contributed by atoms with Gasteiger partial charge in [0.1, 0.15) is 5.00 Å². The third-order valence-electron chi connectivity index (χ3n) is 7.54. The first kappa shape index (κ1) is 29.1. The van der Waals surface area contributed by atoms with E-state index in [4.69, 9.17) is 9.72 Å². The van der Waals surface area contributed by atoms with E-state index in [2.05, 4.69) is 26.1 Å². The number of nitrogens with one attached hydrogen (secondary N) is 1. The Morgan fingerprint density at radius 1 is 1.12 bits per heavy atom. The number of hydrogen-bond acceptors (Lipinski definition) is 7. The predicted octanol–water partition coefficient (Wildman–Crippen LogP) is 6.90. The van der Waals surface area contributed by atoms with Crippen molar-refractivity contribution in [2.45, 2.75) is 58.5 Å². The van der Waals surface area contributed by atoms with Gasteiger partial charge in [-0.3, -0.25) is 14.2 Å². The van der Waals surface area contributed by atoms with Crippen molar-refractivity contribution in [3.63, 3.8) is 0 Å². The molecule has 0 saturated carbocycles. The van der Waals surface area contributed by atoms with Gasteiger partial charge in [0.2, 0.25) is 5.91 Å². The van der Waals surface area contributed by atoms with Crippen molar-refractivity contribution < 1.29 is 14.3 Å². The van der Waals surface area contributed by atoms with Gasteiger partial charge >= 0.3 is 5.97 Å². The van der Waals surface area contributed by atoms with Gasteiger partial charge in [0.15, 0.2) is 5.16 Å². The van der Waals surface area contributed by atoms with Gasteiger partial charge in [-0.25, -0.2) is 9.78 Å². The van der Waals surface area contributed by atoms with Crippen LogP contribution in [0.25, 0.3) is 16.6 Å². The number of anilines is 1. The third kappa shape index (κ3) is 6.26. The van der Waals surface area contributed by atoms with Crippen LogP contribution in [0.2, 0.25) is 0 Å². The number of thiophene rings is 1. The van der Waals surface area contributed by atoms with Crippen molar-refractivity contribution in [1.29, 1.82) is 0 Å². The molecule has 0 aliphatic heterocycles. The molecule has 1 aliphatic carbocycles. The zero-order valence-corrected chi connectivity index (χ0v) is 25.5. The Morgan fingerprint density at radius 3 is 2.59 bits per heavy atom. The highest BCUT2D eigenvalue weighted by Gasteiger charge is 2.34. The molecule has 41 heavy (non-hydrogen) atoms. The molecule has 4 aromatic rings. The van der Waals surface area contributed by atoms with Crippen LogP contribution in [0.4, 0.5) is 5.00 Å². The zero-order chi connectivity index (χ0) is 29.1. The lowest BCUT2D eigenvalue weighted by molar-refractivity contribution is -0.115. The Morgan fingerprint density at radius 2 is 1.85 bits per heavy atom. The smallest absolute Gasteiger partial charge is 0.341 e. The molecule has 0 bridgehead atoms. The predicted molar refractivity (Wildman–Crippen MR) is 167 cm³/mol. The largest absolute Gasteiger partial charge is 0.462 e. The number of esters is 1. The van der Waals surface area contributed by atoms with Crippen LogP contribution in [0.5, 0.6) is 0 Å². The maximum Gasteiger partial charge on any atom is 0.341 e. The number of carbonyl (C=O) groups is 2. The van der Waals surface area contributed by atoms with E-state index < -0.39 is 0 Å². The fraction of sp³-hybridized carbons (Fsp3) is 0.375. The molecule has 1 amide bonds. The van der Waals surface area contributed by atoms with Crippen LogP contribution in [0.1, 0.15) is 61.3 Å². The number of nitrogens with zero attached hydrogens (tertiary/aromatic N) is 2. The van der Waals surface area contributed by atoms with E-state index in [0.29, 0.717) is 38.3 Å². The molecule has 9 heteroatoms.